The molecule has 2 bridgehead atoms. The van der Waals surface area contributed by atoms with E-state index in [1.807, 2.05) is 56.1 Å². The van der Waals surface area contributed by atoms with Crippen LogP contribution in [0.2, 0.25) is 0 Å². The van der Waals surface area contributed by atoms with Gasteiger partial charge in [0.1, 0.15) is 41.6 Å². The number of fused-ring (bicyclic) bond motifs is 4. The SMILES string of the molecule is CC.Cc1c(F)cc2[nH]ncc2c1-c1c(C2CC2)cc2c(N3CC4CC3CN4)nc(OC3CCOCC3)nc2c1OCc1ccc(-c2cn(C(C(=O)N3CCCC3C)C(C)C)nn2)cc1.O=CNC(CO)c1ccc(-c2cccc(F)c2F)cc1. The summed E-state index contributed by atoms with van der Waals surface area (Å²) in [6, 6.07) is 22.7. The van der Waals surface area contributed by atoms with Crippen molar-refractivity contribution >= 4 is 39.9 Å². The van der Waals surface area contributed by atoms with Gasteiger partial charge in [-0.05, 0) is 104 Å². The maximum absolute atomic E-state index is 16.0. The van der Waals surface area contributed by atoms with E-state index in [1.165, 1.54) is 18.2 Å². The van der Waals surface area contributed by atoms with Gasteiger partial charge in [0.2, 0.25) is 12.3 Å². The number of hydrogen-bond donors (Lipinski definition) is 4. The number of ether oxygens (including phenoxy) is 3. The maximum atomic E-state index is 16.0. The topological polar surface area (TPSA) is 198 Å². The smallest absolute Gasteiger partial charge is 0.319 e. The third-order valence-corrected chi connectivity index (χ3v) is 17.1. The second kappa shape index (κ2) is 25.7. The molecule has 5 atom stereocenters. The fourth-order valence-corrected chi connectivity index (χ4v) is 12.4. The number of halogens is 3. The lowest BCUT2D eigenvalue weighted by molar-refractivity contribution is -0.137. The van der Waals surface area contributed by atoms with Gasteiger partial charge in [-0.15, -0.1) is 5.10 Å². The van der Waals surface area contributed by atoms with E-state index in [1.54, 1.807) is 35.1 Å². The number of carbonyl (C=O) groups is 2. The monoisotopic (exact) mass is 1160 g/mol. The summed E-state index contributed by atoms with van der Waals surface area (Å²) in [5, 5.41) is 33.4. The van der Waals surface area contributed by atoms with Gasteiger partial charge >= 0.3 is 6.01 Å². The Balaban J connectivity index is 0.000000289. The Morgan fingerprint density at radius 1 is 0.929 bits per heavy atom. The third kappa shape index (κ3) is 12.2. The van der Waals surface area contributed by atoms with Gasteiger partial charge < -0.3 is 39.8 Å². The molecule has 4 aliphatic heterocycles. The van der Waals surface area contributed by atoms with Crippen molar-refractivity contribution in [1.29, 1.82) is 0 Å². The second-order valence-electron chi connectivity index (χ2n) is 23.0. The van der Waals surface area contributed by atoms with Gasteiger partial charge in [0.15, 0.2) is 17.4 Å². The summed E-state index contributed by atoms with van der Waals surface area (Å²) in [5.74, 6) is -0.256. The largest absolute Gasteiger partial charge is 0.486 e. The number of likely N-dealkylation sites (tertiary alicyclic amines) is 1. The van der Waals surface area contributed by atoms with Crippen molar-refractivity contribution in [3.05, 3.63) is 131 Å². The number of nitrogens with zero attached hydrogens (tertiary/aromatic N) is 8. The van der Waals surface area contributed by atoms with Crippen LogP contribution in [-0.4, -0.2) is 121 Å². The average molecular weight is 1160 g/mol. The standard InChI is InChI=1S/C48H55FN10O4.C15H13F2NO2.C2H6/c1-26(2)44(47(60)57-15-5-6-27(57)3)59-24-40(55-56-59)31-9-7-29(8-10-31)25-62-45-42(41-28(4)38(49)20-39-37(41)22-51-54-39)35(30-11-12-30)19-36-43(45)52-48(63-34-13-16-61-17-14-34)53-46(36)58-23-32-18-33(58)21-50-32;16-13-3-1-2-12(15(13)17)10-4-6-11(7-5-10)14(8-19)18-9-20;1-2/h7-10,19-20,22,24,26-27,30,32-34,44,50H,5-6,11-18,21,23,25H2,1-4H3,(H,51,54);1-7,9,14,19H,8H2,(H,18,20);1-2H3. The van der Waals surface area contributed by atoms with Crippen LogP contribution in [0.1, 0.15) is 120 Å². The van der Waals surface area contributed by atoms with Crippen LogP contribution in [-0.2, 0) is 20.9 Å². The van der Waals surface area contributed by atoms with E-state index in [0.29, 0.717) is 76.9 Å². The number of H-pyrrole nitrogens is 1. The Labute approximate surface area is 492 Å². The molecule has 5 aromatic carbocycles. The minimum absolute atomic E-state index is 0.0490. The zero-order valence-electron chi connectivity index (χ0n) is 49.0. The summed E-state index contributed by atoms with van der Waals surface area (Å²) in [7, 11) is 0. The number of anilines is 1. The van der Waals surface area contributed by atoms with Gasteiger partial charge in [0.25, 0.3) is 0 Å². The number of aromatic nitrogens is 7. The Kier molecular flexibility index (Phi) is 17.8. The van der Waals surface area contributed by atoms with E-state index >= 15 is 4.39 Å². The molecule has 0 radical (unpaired) electrons. The van der Waals surface area contributed by atoms with Gasteiger partial charge in [-0.1, -0.05) is 93.6 Å². The Morgan fingerprint density at radius 3 is 2.36 bits per heavy atom. The van der Waals surface area contributed by atoms with Gasteiger partial charge in [0, 0.05) is 83.6 Å². The number of aliphatic hydroxyl groups excluding tert-OH is 1. The Hall–Kier alpha value is -7.94. The number of piperazine rings is 1. The maximum Gasteiger partial charge on any atom is 0.319 e. The van der Waals surface area contributed by atoms with E-state index in [9.17, 15) is 18.4 Å². The zero-order valence-corrected chi connectivity index (χ0v) is 49.0. The summed E-state index contributed by atoms with van der Waals surface area (Å²) in [4.78, 5) is 39.0. The summed E-state index contributed by atoms with van der Waals surface area (Å²) < 4.78 is 64.0. The van der Waals surface area contributed by atoms with Crippen LogP contribution in [0.5, 0.6) is 11.8 Å². The minimum Gasteiger partial charge on any atom is -0.486 e. The molecule has 20 heteroatoms. The van der Waals surface area contributed by atoms with E-state index < -0.39 is 23.7 Å². The number of benzene rings is 5. The molecular weight excluding hydrogens is 1090 g/mol. The lowest BCUT2D eigenvalue weighted by Crippen LogP contribution is -2.44. The van der Waals surface area contributed by atoms with Crippen molar-refractivity contribution in [1.82, 2.24) is 50.7 Å². The van der Waals surface area contributed by atoms with Crippen LogP contribution < -0.4 is 25.0 Å². The first-order valence-corrected chi connectivity index (χ1v) is 29.9. The Bertz CT molecular complexity index is 3660. The molecule has 5 unspecified atom stereocenters. The summed E-state index contributed by atoms with van der Waals surface area (Å²) in [6.07, 6.45) is 10.8. The van der Waals surface area contributed by atoms with Gasteiger partial charge in [-0.3, -0.25) is 14.7 Å². The number of rotatable bonds is 17. The molecule has 4 N–H and O–H groups in total. The summed E-state index contributed by atoms with van der Waals surface area (Å²) in [6.45, 7) is 15.8. The lowest BCUT2D eigenvalue weighted by atomic mass is 9.88. The van der Waals surface area contributed by atoms with E-state index in [2.05, 4.69) is 62.9 Å². The van der Waals surface area contributed by atoms with E-state index in [-0.39, 0.29) is 54.5 Å². The van der Waals surface area contributed by atoms with Crippen molar-refractivity contribution in [2.75, 3.05) is 44.4 Å². The van der Waals surface area contributed by atoms with Crippen LogP contribution in [0.3, 0.4) is 0 Å². The van der Waals surface area contributed by atoms with Gasteiger partial charge in [-0.2, -0.15) is 15.1 Å². The van der Waals surface area contributed by atoms with Crippen molar-refractivity contribution in [2.45, 2.75) is 135 Å². The molecule has 4 saturated heterocycles. The molecule has 5 aliphatic rings. The predicted octanol–water partition coefficient (Wildman–Crippen LogP) is 11.1. The number of amides is 2. The highest BCUT2D eigenvalue weighted by molar-refractivity contribution is 6.06. The normalized spacial score (nSPS) is 19.2. The molecule has 446 valence electrons. The first kappa shape index (κ1) is 58.8. The summed E-state index contributed by atoms with van der Waals surface area (Å²) >= 11 is 0. The first-order chi connectivity index (χ1) is 41.3. The van der Waals surface area contributed by atoms with E-state index in [0.717, 1.165) is 115 Å². The first-order valence-electron chi connectivity index (χ1n) is 29.9. The number of hydrogen-bond acceptors (Lipinski definition) is 13. The fourth-order valence-electron chi connectivity index (χ4n) is 12.4. The molecule has 1 saturated carbocycles. The third-order valence-electron chi connectivity index (χ3n) is 17.1. The van der Waals surface area contributed by atoms with E-state index in [4.69, 9.17) is 29.3 Å². The minimum atomic E-state index is -0.901. The lowest BCUT2D eigenvalue weighted by Gasteiger charge is -2.31. The van der Waals surface area contributed by atoms with Gasteiger partial charge in [-0.25, -0.2) is 17.9 Å². The fraction of sp³-hybridized carbons (Fsp3) is 0.431. The van der Waals surface area contributed by atoms with Crippen molar-refractivity contribution < 1.29 is 42.1 Å². The number of nitrogens with one attached hydrogen (secondary N) is 3. The van der Waals surface area contributed by atoms with Crippen LogP contribution in [0.15, 0.2) is 91.3 Å². The van der Waals surface area contributed by atoms with Crippen LogP contribution in [0.25, 0.3) is 55.3 Å². The molecule has 8 aromatic rings. The average Bonchev–Trinajstić information content (AvgIpc) is 3.67. The van der Waals surface area contributed by atoms with Gasteiger partial charge in [0.05, 0.1) is 43.8 Å². The molecule has 17 nitrogen and oxygen atoms in total. The quantitative estimate of drug-likeness (QED) is 0.0629. The van der Waals surface area contributed by atoms with Crippen molar-refractivity contribution in [3.63, 3.8) is 0 Å². The number of carbonyl (C=O) groups excluding carboxylic acids is 2. The molecule has 3 aromatic heterocycles. The molecule has 2 amide bonds. The van der Waals surface area contributed by atoms with Crippen LogP contribution in [0.4, 0.5) is 19.0 Å². The van der Waals surface area contributed by atoms with Crippen LogP contribution >= 0.6 is 0 Å². The molecular formula is C65H74F3N11O6. The molecule has 0 spiro atoms. The van der Waals surface area contributed by atoms with Crippen LogP contribution in [0, 0.1) is 30.3 Å². The Morgan fingerprint density at radius 2 is 1.69 bits per heavy atom. The number of aromatic amines is 1. The highest BCUT2D eigenvalue weighted by Gasteiger charge is 2.41. The molecule has 5 fully saturated rings. The molecule has 85 heavy (non-hydrogen) atoms. The molecule has 7 heterocycles. The second-order valence-corrected chi connectivity index (χ2v) is 23.0. The highest BCUT2D eigenvalue weighted by atomic mass is 19.2. The number of aliphatic hydroxyl groups is 1. The van der Waals surface area contributed by atoms with Crippen molar-refractivity contribution in [3.8, 4) is 45.3 Å². The molecule has 1 aliphatic carbocycles. The van der Waals surface area contributed by atoms with Crippen molar-refractivity contribution in [2.24, 2.45) is 5.92 Å². The molecule has 13 rings (SSSR count). The summed E-state index contributed by atoms with van der Waals surface area (Å²) in [5.41, 5.74) is 8.37. The predicted molar refractivity (Wildman–Crippen MR) is 320 cm³/mol. The highest BCUT2D eigenvalue weighted by Crippen LogP contribution is 2.53. The zero-order chi connectivity index (χ0) is 59.5.